The number of rotatable bonds is 6. The maximum atomic E-state index is 12.1. The molecule has 116 valence electrons. The molecule has 0 fully saturated rings. The van der Waals surface area contributed by atoms with Crippen LogP contribution in [0.25, 0.3) is 0 Å². The smallest absolute Gasteiger partial charge is 0.242 e. The molecule has 0 saturated heterocycles. The van der Waals surface area contributed by atoms with Crippen molar-refractivity contribution >= 4 is 11.6 Å². The Morgan fingerprint density at radius 3 is 2.55 bits per heavy atom. The number of carbonyl (C=O) groups is 1. The molecule has 2 aromatic rings. The van der Waals surface area contributed by atoms with E-state index in [1.54, 1.807) is 7.11 Å². The Balaban J connectivity index is 1.85. The van der Waals surface area contributed by atoms with E-state index in [0.717, 1.165) is 22.6 Å². The molecule has 0 spiro atoms. The number of methoxy groups -OCH3 is 1. The molecule has 0 aliphatic rings. The lowest BCUT2D eigenvalue weighted by Gasteiger charge is -2.15. The topological polar surface area (TPSA) is 50.4 Å². The van der Waals surface area contributed by atoms with Gasteiger partial charge in [-0.3, -0.25) is 4.79 Å². The van der Waals surface area contributed by atoms with E-state index < -0.39 is 0 Å². The zero-order valence-corrected chi connectivity index (χ0v) is 13.2. The molecule has 0 saturated carbocycles. The van der Waals surface area contributed by atoms with Gasteiger partial charge in [-0.2, -0.15) is 0 Å². The molecule has 1 atom stereocenters. The van der Waals surface area contributed by atoms with E-state index in [4.69, 9.17) is 4.74 Å². The number of hydrogen-bond donors (Lipinski definition) is 2. The highest BCUT2D eigenvalue weighted by atomic mass is 16.5. The highest BCUT2D eigenvalue weighted by Crippen LogP contribution is 2.12. The lowest BCUT2D eigenvalue weighted by Crippen LogP contribution is -2.37. The van der Waals surface area contributed by atoms with Crippen LogP contribution in [0.4, 0.5) is 5.69 Å². The van der Waals surface area contributed by atoms with Gasteiger partial charge in [0.2, 0.25) is 5.91 Å². The van der Waals surface area contributed by atoms with Crippen LogP contribution in [0.1, 0.15) is 18.1 Å². The highest BCUT2D eigenvalue weighted by molar-refractivity contribution is 5.84. The summed E-state index contributed by atoms with van der Waals surface area (Å²) in [5, 5.41) is 6.13. The Kier molecular flexibility index (Phi) is 5.42. The van der Waals surface area contributed by atoms with Crippen LogP contribution in [0.5, 0.6) is 5.75 Å². The molecule has 2 rings (SSSR count). The average molecular weight is 298 g/mol. The summed E-state index contributed by atoms with van der Waals surface area (Å²) in [4.78, 5) is 12.1. The summed E-state index contributed by atoms with van der Waals surface area (Å²) >= 11 is 0. The van der Waals surface area contributed by atoms with E-state index >= 15 is 0 Å². The third kappa shape index (κ3) is 4.52. The summed E-state index contributed by atoms with van der Waals surface area (Å²) in [6.45, 7) is 4.38. The van der Waals surface area contributed by atoms with E-state index in [1.807, 2.05) is 62.4 Å². The van der Waals surface area contributed by atoms with Crippen LogP contribution in [0.15, 0.2) is 48.5 Å². The van der Waals surface area contributed by atoms with E-state index in [-0.39, 0.29) is 11.9 Å². The minimum absolute atomic E-state index is 0.0303. The lowest BCUT2D eigenvalue weighted by molar-refractivity contribution is -0.121. The van der Waals surface area contributed by atoms with Crippen molar-refractivity contribution in [2.45, 2.75) is 26.4 Å². The number of carbonyl (C=O) groups excluding carboxylic acids is 1. The van der Waals surface area contributed by atoms with Crippen LogP contribution < -0.4 is 15.4 Å². The van der Waals surface area contributed by atoms with Crippen molar-refractivity contribution in [2.75, 3.05) is 12.4 Å². The zero-order valence-electron chi connectivity index (χ0n) is 13.2. The van der Waals surface area contributed by atoms with Gasteiger partial charge in [-0.05, 0) is 49.2 Å². The Morgan fingerprint density at radius 2 is 1.91 bits per heavy atom. The van der Waals surface area contributed by atoms with Crippen molar-refractivity contribution in [3.05, 3.63) is 59.7 Å². The molecule has 22 heavy (non-hydrogen) atoms. The molecular formula is C18H22N2O2. The van der Waals surface area contributed by atoms with E-state index in [1.165, 1.54) is 0 Å². The van der Waals surface area contributed by atoms with E-state index in [2.05, 4.69) is 10.6 Å². The molecular weight excluding hydrogens is 276 g/mol. The molecule has 2 N–H and O–H groups in total. The van der Waals surface area contributed by atoms with Crippen molar-refractivity contribution < 1.29 is 9.53 Å². The molecule has 0 aliphatic heterocycles. The van der Waals surface area contributed by atoms with E-state index in [0.29, 0.717) is 6.54 Å². The second-order valence-corrected chi connectivity index (χ2v) is 5.30. The third-order valence-corrected chi connectivity index (χ3v) is 3.42. The number of nitrogens with one attached hydrogen (secondary N) is 2. The minimum Gasteiger partial charge on any atom is -0.497 e. The van der Waals surface area contributed by atoms with Gasteiger partial charge in [-0.15, -0.1) is 0 Å². The molecule has 0 radical (unpaired) electrons. The van der Waals surface area contributed by atoms with Crippen molar-refractivity contribution in [1.82, 2.24) is 5.32 Å². The van der Waals surface area contributed by atoms with Crippen molar-refractivity contribution in [3.63, 3.8) is 0 Å². The number of anilines is 1. The molecule has 0 unspecified atom stereocenters. The summed E-state index contributed by atoms with van der Waals surface area (Å²) in [6.07, 6.45) is 0. The number of benzene rings is 2. The largest absolute Gasteiger partial charge is 0.497 e. The maximum Gasteiger partial charge on any atom is 0.242 e. The summed E-state index contributed by atoms with van der Waals surface area (Å²) in [5.74, 6) is 0.780. The SMILES string of the molecule is COc1ccc(CNC(=O)[C@@H](C)Nc2cccc(C)c2)cc1. The fourth-order valence-electron chi connectivity index (χ4n) is 2.14. The Hall–Kier alpha value is -2.49. The molecule has 4 nitrogen and oxygen atoms in total. The van der Waals surface area contributed by atoms with Gasteiger partial charge in [0.1, 0.15) is 11.8 Å². The Morgan fingerprint density at radius 1 is 1.18 bits per heavy atom. The fourth-order valence-corrected chi connectivity index (χ4v) is 2.14. The van der Waals surface area contributed by atoms with Crippen LogP contribution in [-0.2, 0) is 11.3 Å². The predicted molar refractivity (Wildman–Crippen MR) is 89.1 cm³/mol. The van der Waals surface area contributed by atoms with Gasteiger partial charge in [0.05, 0.1) is 7.11 Å². The third-order valence-electron chi connectivity index (χ3n) is 3.42. The minimum atomic E-state index is -0.292. The zero-order chi connectivity index (χ0) is 15.9. The molecule has 0 heterocycles. The van der Waals surface area contributed by atoms with Crippen molar-refractivity contribution in [1.29, 1.82) is 0 Å². The summed E-state index contributed by atoms with van der Waals surface area (Å²) in [6, 6.07) is 15.3. The molecule has 4 heteroatoms. The maximum absolute atomic E-state index is 12.1. The monoisotopic (exact) mass is 298 g/mol. The summed E-state index contributed by atoms with van der Waals surface area (Å²) in [5.41, 5.74) is 3.15. The number of aryl methyl sites for hydroxylation is 1. The van der Waals surface area contributed by atoms with Crippen LogP contribution in [-0.4, -0.2) is 19.1 Å². The van der Waals surface area contributed by atoms with Crippen LogP contribution in [0, 0.1) is 6.92 Å². The van der Waals surface area contributed by atoms with Crippen molar-refractivity contribution in [2.24, 2.45) is 0 Å². The molecule has 0 bridgehead atoms. The number of amides is 1. The van der Waals surface area contributed by atoms with Gasteiger partial charge in [0.25, 0.3) is 0 Å². The summed E-state index contributed by atoms with van der Waals surface area (Å²) < 4.78 is 5.11. The van der Waals surface area contributed by atoms with Crippen LogP contribution in [0.2, 0.25) is 0 Å². The number of ether oxygens (including phenoxy) is 1. The van der Waals surface area contributed by atoms with Gasteiger partial charge in [-0.25, -0.2) is 0 Å². The molecule has 0 aromatic heterocycles. The first-order valence-corrected chi connectivity index (χ1v) is 7.32. The first-order chi connectivity index (χ1) is 10.6. The molecule has 1 amide bonds. The van der Waals surface area contributed by atoms with Gasteiger partial charge >= 0.3 is 0 Å². The quantitative estimate of drug-likeness (QED) is 0.861. The molecule has 0 aliphatic carbocycles. The second kappa shape index (κ2) is 7.50. The first kappa shape index (κ1) is 15.9. The fraction of sp³-hybridized carbons (Fsp3) is 0.278. The standard InChI is InChI=1S/C18H22N2O2/c1-13-5-4-6-16(11-13)20-14(2)18(21)19-12-15-7-9-17(22-3)10-8-15/h4-11,14,20H,12H2,1-3H3,(H,19,21)/t14-/m1/s1. The summed E-state index contributed by atoms with van der Waals surface area (Å²) in [7, 11) is 1.63. The number of hydrogen-bond acceptors (Lipinski definition) is 3. The molecule has 2 aromatic carbocycles. The van der Waals surface area contributed by atoms with Gasteiger partial charge in [-0.1, -0.05) is 24.3 Å². The average Bonchev–Trinajstić information content (AvgIpc) is 2.53. The van der Waals surface area contributed by atoms with Crippen molar-refractivity contribution in [3.8, 4) is 5.75 Å². The van der Waals surface area contributed by atoms with Gasteiger partial charge < -0.3 is 15.4 Å². The van der Waals surface area contributed by atoms with Crippen LogP contribution in [0.3, 0.4) is 0 Å². The normalized spacial score (nSPS) is 11.6. The van der Waals surface area contributed by atoms with E-state index in [9.17, 15) is 4.79 Å². The van der Waals surface area contributed by atoms with Crippen LogP contribution >= 0.6 is 0 Å². The first-order valence-electron chi connectivity index (χ1n) is 7.32. The highest BCUT2D eigenvalue weighted by Gasteiger charge is 2.12. The Labute approximate surface area is 131 Å². The Bertz CT molecular complexity index is 623. The van der Waals surface area contributed by atoms with Gasteiger partial charge in [0, 0.05) is 12.2 Å². The second-order valence-electron chi connectivity index (χ2n) is 5.30. The lowest BCUT2D eigenvalue weighted by atomic mass is 10.2. The predicted octanol–water partition coefficient (Wildman–Crippen LogP) is 3.12. The van der Waals surface area contributed by atoms with Gasteiger partial charge in [0.15, 0.2) is 0 Å².